The van der Waals surface area contributed by atoms with Gasteiger partial charge in [-0.3, -0.25) is 25.0 Å². The molecule has 0 radical (unpaired) electrons. The summed E-state index contributed by atoms with van der Waals surface area (Å²) in [6, 6.07) is 15.2. The van der Waals surface area contributed by atoms with Gasteiger partial charge in [0, 0.05) is 12.1 Å². The summed E-state index contributed by atoms with van der Waals surface area (Å²) in [5.74, 6) is -0.833. The van der Waals surface area contributed by atoms with Gasteiger partial charge in [0.15, 0.2) is 11.5 Å². The fourth-order valence-electron chi connectivity index (χ4n) is 3.70. The second kappa shape index (κ2) is 11.3. The summed E-state index contributed by atoms with van der Waals surface area (Å²) in [7, 11) is 0. The fourth-order valence-corrected chi connectivity index (χ4v) is 4.27. The minimum atomic E-state index is -0.827. The lowest BCUT2D eigenvalue weighted by molar-refractivity contribution is -0.384. The molecule has 0 aliphatic carbocycles. The van der Waals surface area contributed by atoms with Crippen LogP contribution in [0.1, 0.15) is 23.6 Å². The number of benzene rings is 3. The Morgan fingerprint density at radius 3 is 2.34 bits per heavy atom. The Kier molecular flexibility index (Phi) is 7.87. The van der Waals surface area contributed by atoms with Gasteiger partial charge in [-0.15, -0.1) is 0 Å². The highest BCUT2D eigenvalue weighted by molar-refractivity contribution is 9.10. The lowest BCUT2D eigenvalue weighted by Crippen LogP contribution is -2.54. The average Bonchev–Trinajstić information content (AvgIpc) is 2.87. The SMILES string of the molecule is CCOc1cc(/C=C2\C(=O)NC(=O)N(c3ccc(C)cc3)C2=O)cc(Br)c1OCc1ccc([N+](=O)[O-])cc1. The molecule has 1 saturated heterocycles. The van der Waals surface area contributed by atoms with Gasteiger partial charge in [0.2, 0.25) is 0 Å². The van der Waals surface area contributed by atoms with Gasteiger partial charge < -0.3 is 9.47 Å². The molecule has 0 saturated carbocycles. The number of rotatable bonds is 8. The van der Waals surface area contributed by atoms with Crippen molar-refractivity contribution in [3.63, 3.8) is 0 Å². The maximum atomic E-state index is 13.2. The van der Waals surface area contributed by atoms with E-state index in [1.54, 1.807) is 55.5 Å². The molecular formula is C27H22BrN3O7. The third kappa shape index (κ3) is 5.73. The molecule has 10 nitrogen and oxygen atoms in total. The first kappa shape index (κ1) is 26.6. The first-order valence-corrected chi connectivity index (χ1v) is 12.3. The van der Waals surface area contributed by atoms with E-state index in [-0.39, 0.29) is 17.9 Å². The van der Waals surface area contributed by atoms with Gasteiger partial charge in [-0.25, -0.2) is 9.69 Å². The Morgan fingerprint density at radius 1 is 1.03 bits per heavy atom. The highest BCUT2D eigenvalue weighted by Crippen LogP contribution is 2.38. The first-order chi connectivity index (χ1) is 18.2. The average molecular weight is 580 g/mol. The fraction of sp³-hybridized carbons (Fsp3) is 0.148. The molecule has 3 aromatic rings. The Morgan fingerprint density at radius 2 is 1.71 bits per heavy atom. The van der Waals surface area contributed by atoms with E-state index < -0.39 is 22.8 Å². The predicted molar refractivity (Wildman–Crippen MR) is 143 cm³/mol. The highest BCUT2D eigenvalue weighted by Gasteiger charge is 2.36. The van der Waals surface area contributed by atoms with E-state index in [0.29, 0.717) is 39.4 Å². The summed E-state index contributed by atoms with van der Waals surface area (Å²) in [5, 5.41) is 13.1. The first-order valence-electron chi connectivity index (χ1n) is 11.5. The maximum Gasteiger partial charge on any atom is 0.335 e. The van der Waals surface area contributed by atoms with Gasteiger partial charge >= 0.3 is 6.03 Å². The Balaban J connectivity index is 1.62. The smallest absolute Gasteiger partial charge is 0.335 e. The number of anilines is 1. The van der Waals surface area contributed by atoms with Crippen molar-refractivity contribution in [3.05, 3.63) is 97.5 Å². The maximum absolute atomic E-state index is 13.2. The predicted octanol–water partition coefficient (Wildman–Crippen LogP) is 5.31. The van der Waals surface area contributed by atoms with Gasteiger partial charge in [0.25, 0.3) is 17.5 Å². The molecule has 1 aliphatic rings. The molecule has 1 aliphatic heterocycles. The molecular weight excluding hydrogens is 558 g/mol. The number of nitro benzene ring substituents is 1. The zero-order chi connectivity index (χ0) is 27.4. The van der Waals surface area contributed by atoms with Gasteiger partial charge in [0.05, 0.1) is 21.7 Å². The molecule has 0 aromatic heterocycles. The molecule has 194 valence electrons. The third-order valence-corrected chi connectivity index (χ3v) is 6.16. The Hall–Kier alpha value is -4.51. The lowest BCUT2D eigenvalue weighted by atomic mass is 10.1. The number of halogens is 1. The lowest BCUT2D eigenvalue weighted by Gasteiger charge is -2.26. The largest absolute Gasteiger partial charge is 0.490 e. The second-order valence-electron chi connectivity index (χ2n) is 8.27. The van der Waals surface area contributed by atoms with E-state index >= 15 is 0 Å². The Bertz CT molecular complexity index is 1450. The van der Waals surface area contributed by atoms with Gasteiger partial charge in [-0.05, 0) is 83.4 Å². The second-order valence-corrected chi connectivity index (χ2v) is 9.12. The van der Waals surface area contributed by atoms with Crippen molar-refractivity contribution < 1.29 is 28.8 Å². The summed E-state index contributed by atoms with van der Waals surface area (Å²) in [6.07, 6.45) is 1.37. The number of carbonyl (C=O) groups excluding carboxylic acids is 3. The van der Waals surface area contributed by atoms with E-state index in [1.807, 2.05) is 6.92 Å². The number of aryl methyl sites for hydroxylation is 1. The van der Waals surface area contributed by atoms with Crippen molar-refractivity contribution >= 4 is 51.2 Å². The topological polar surface area (TPSA) is 128 Å². The summed E-state index contributed by atoms with van der Waals surface area (Å²) < 4.78 is 12.2. The molecule has 3 aromatic carbocycles. The molecule has 4 rings (SSSR count). The molecule has 1 heterocycles. The third-order valence-electron chi connectivity index (χ3n) is 5.57. The number of imide groups is 2. The summed E-state index contributed by atoms with van der Waals surface area (Å²) in [6.45, 7) is 4.10. The number of carbonyl (C=O) groups is 3. The molecule has 1 N–H and O–H groups in total. The van der Waals surface area contributed by atoms with E-state index in [4.69, 9.17) is 9.47 Å². The van der Waals surface area contributed by atoms with E-state index in [9.17, 15) is 24.5 Å². The normalized spacial score (nSPS) is 14.4. The standard InChI is InChI=1S/C27H22BrN3O7/c1-3-37-23-14-18(13-22(28)24(23)38-15-17-6-10-20(11-7-17)31(35)36)12-21-25(32)29-27(34)30(26(21)33)19-8-4-16(2)5-9-19/h4-14H,3,15H2,1-2H3,(H,29,32,34)/b21-12+. The number of amides is 4. The number of nitro groups is 1. The van der Waals surface area contributed by atoms with Crippen molar-refractivity contribution in [3.8, 4) is 11.5 Å². The van der Waals surface area contributed by atoms with Crippen molar-refractivity contribution in [2.45, 2.75) is 20.5 Å². The van der Waals surface area contributed by atoms with Crippen LogP contribution in [-0.4, -0.2) is 29.4 Å². The van der Waals surface area contributed by atoms with E-state index in [0.717, 1.165) is 10.5 Å². The number of non-ortho nitro benzene ring substituents is 1. The zero-order valence-electron chi connectivity index (χ0n) is 20.4. The highest BCUT2D eigenvalue weighted by atomic mass is 79.9. The van der Waals surface area contributed by atoms with Crippen LogP contribution in [0.4, 0.5) is 16.2 Å². The number of nitrogens with zero attached hydrogens (tertiary/aromatic N) is 2. The quantitative estimate of drug-likeness (QED) is 0.166. The van der Waals surface area contributed by atoms with Crippen LogP contribution in [-0.2, 0) is 16.2 Å². The minimum absolute atomic E-state index is 0.0220. The van der Waals surface area contributed by atoms with Crippen molar-refractivity contribution in [2.75, 3.05) is 11.5 Å². The minimum Gasteiger partial charge on any atom is -0.490 e. The molecule has 4 amide bonds. The van der Waals surface area contributed by atoms with E-state index in [2.05, 4.69) is 21.2 Å². The van der Waals surface area contributed by atoms with Crippen LogP contribution >= 0.6 is 15.9 Å². The molecule has 0 spiro atoms. The molecule has 0 unspecified atom stereocenters. The van der Waals surface area contributed by atoms with Crippen molar-refractivity contribution in [1.29, 1.82) is 0 Å². The number of hydrogen-bond donors (Lipinski definition) is 1. The van der Waals surface area contributed by atoms with Gasteiger partial charge in [0.1, 0.15) is 12.2 Å². The van der Waals surface area contributed by atoms with Gasteiger partial charge in [-0.1, -0.05) is 17.7 Å². The number of barbiturate groups is 1. The van der Waals surface area contributed by atoms with Gasteiger partial charge in [-0.2, -0.15) is 0 Å². The van der Waals surface area contributed by atoms with E-state index in [1.165, 1.54) is 18.2 Å². The monoisotopic (exact) mass is 579 g/mol. The molecule has 0 atom stereocenters. The van der Waals surface area contributed by atoms with Crippen LogP contribution in [0.15, 0.2) is 70.7 Å². The van der Waals surface area contributed by atoms with Crippen LogP contribution in [0.25, 0.3) is 6.08 Å². The molecule has 0 bridgehead atoms. The molecule has 11 heteroatoms. The van der Waals surface area contributed by atoms with Crippen LogP contribution in [0.2, 0.25) is 0 Å². The zero-order valence-corrected chi connectivity index (χ0v) is 22.0. The van der Waals surface area contributed by atoms with Crippen LogP contribution in [0.5, 0.6) is 11.5 Å². The summed E-state index contributed by atoms with van der Waals surface area (Å²) >= 11 is 3.46. The molecule has 38 heavy (non-hydrogen) atoms. The van der Waals surface area contributed by atoms with Crippen LogP contribution < -0.4 is 19.7 Å². The summed E-state index contributed by atoms with van der Waals surface area (Å²) in [4.78, 5) is 49.5. The Labute approximate surface area is 226 Å². The van der Waals surface area contributed by atoms with Crippen molar-refractivity contribution in [1.82, 2.24) is 5.32 Å². The number of urea groups is 1. The number of hydrogen-bond acceptors (Lipinski definition) is 7. The molecule has 1 fully saturated rings. The van der Waals surface area contributed by atoms with Crippen molar-refractivity contribution in [2.24, 2.45) is 0 Å². The van der Waals surface area contributed by atoms with Crippen LogP contribution in [0.3, 0.4) is 0 Å². The number of ether oxygens (including phenoxy) is 2. The summed E-state index contributed by atoms with van der Waals surface area (Å²) in [5.41, 5.74) is 2.21. The number of nitrogens with one attached hydrogen (secondary N) is 1. The van der Waals surface area contributed by atoms with Crippen LogP contribution in [0, 0.1) is 17.0 Å².